The van der Waals surface area contributed by atoms with Crippen LogP contribution in [0.25, 0.3) is 11.0 Å². The van der Waals surface area contributed by atoms with E-state index in [9.17, 15) is 9.59 Å². The van der Waals surface area contributed by atoms with Gasteiger partial charge in [-0.1, -0.05) is 29.4 Å². The first-order chi connectivity index (χ1) is 14.7. The summed E-state index contributed by atoms with van der Waals surface area (Å²) < 4.78 is 16.7. The van der Waals surface area contributed by atoms with E-state index in [2.05, 4.69) is 5.16 Å². The monoisotopic (exact) mass is 407 g/mol. The normalized spacial score (nSPS) is 18.5. The molecule has 0 N–H and O–H groups in total. The maximum absolute atomic E-state index is 12.8. The predicted octanol–water partition coefficient (Wildman–Crippen LogP) is 1.88. The Hall–Kier alpha value is -3.55. The van der Waals surface area contributed by atoms with Crippen LogP contribution < -0.4 is 9.47 Å². The van der Waals surface area contributed by atoms with Crippen molar-refractivity contribution in [3.63, 3.8) is 0 Å². The molecule has 0 spiro atoms. The molecule has 1 saturated heterocycles. The van der Waals surface area contributed by atoms with Gasteiger partial charge in [0.2, 0.25) is 12.0 Å². The zero-order chi connectivity index (χ0) is 20.5. The van der Waals surface area contributed by atoms with Crippen LogP contribution in [-0.2, 0) is 16.0 Å². The fourth-order valence-electron chi connectivity index (χ4n) is 3.84. The molecule has 1 aromatic heterocycles. The number of piperazine rings is 1. The van der Waals surface area contributed by atoms with Gasteiger partial charge in [0.1, 0.15) is 12.3 Å². The van der Waals surface area contributed by atoms with E-state index >= 15 is 0 Å². The lowest BCUT2D eigenvalue weighted by Gasteiger charge is -2.37. The van der Waals surface area contributed by atoms with E-state index in [-0.39, 0.29) is 24.8 Å². The highest BCUT2D eigenvalue weighted by atomic mass is 16.6. The zero-order valence-electron chi connectivity index (χ0n) is 16.3. The summed E-state index contributed by atoms with van der Waals surface area (Å²) in [7, 11) is 0. The Morgan fingerprint density at radius 3 is 2.47 bits per heavy atom. The number of rotatable bonds is 3. The Labute approximate surface area is 172 Å². The number of carbonyl (C=O) groups excluding carboxylic acids is 2. The zero-order valence-corrected chi connectivity index (χ0v) is 16.3. The highest BCUT2D eigenvalue weighted by Gasteiger charge is 2.33. The summed E-state index contributed by atoms with van der Waals surface area (Å²) in [5.41, 5.74) is 1.31. The Morgan fingerprint density at radius 1 is 0.933 bits per heavy atom. The van der Waals surface area contributed by atoms with Crippen LogP contribution >= 0.6 is 0 Å². The van der Waals surface area contributed by atoms with Crippen molar-refractivity contribution in [2.75, 3.05) is 32.8 Å². The van der Waals surface area contributed by atoms with Gasteiger partial charge in [-0.3, -0.25) is 9.59 Å². The van der Waals surface area contributed by atoms with E-state index < -0.39 is 6.10 Å². The highest BCUT2D eigenvalue weighted by Crippen LogP contribution is 2.31. The fraction of sp³-hybridized carbons (Fsp3) is 0.318. The van der Waals surface area contributed by atoms with E-state index in [0.29, 0.717) is 49.0 Å². The number of nitrogens with zero attached hydrogens (tertiary/aromatic N) is 3. The third-order valence-electron chi connectivity index (χ3n) is 5.50. The Balaban J connectivity index is 1.17. The minimum Gasteiger partial charge on any atom is -0.485 e. The Morgan fingerprint density at radius 2 is 1.63 bits per heavy atom. The molecule has 1 atom stereocenters. The number of ether oxygens (including phenoxy) is 2. The second-order valence-corrected chi connectivity index (χ2v) is 7.37. The standard InChI is InChI=1S/C22H21N3O5/c26-21(13-16-15-5-1-2-6-17(15)30-23-16)24-9-11-25(12-10-24)22(27)20-14-28-18-7-3-4-8-19(18)29-20/h1-8,20H,9-14H2/t20-/m1/s1. The van der Waals surface area contributed by atoms with Crippen molar-refractivity contribution in [2.45, 2.75) is 12.5 Å². The molecule has 8 heteroatoms. The van der Waals surface area contributed by atoms with Crippen LogP contribution in [0.3, 0.4) is 0 Å². The topological polar surface area (TPSA) is 85.1 Å². The SMILES string of the molecule is O=C(Cc1noc2ccccc12)N1CCN(C(=O)[C@H]2COc3ccccc3O2)CC1. The van der Waals surface area contributed by atoms with E-state index in [1.807, 2.05) is 42.5 Å². The number of carbonyl (C=O) groups is 2. The lowest BCUT2D eigenvalue weighted by atomic mass is 10.1. The van der Waals surface area contributed by atoms with Gasteiger partial charge in [0.25, 0.3) is 5.91 Å². The first kappa shape index (κ1) is 18.5. The summed E-state index contributed by atoms with van der Waals surface area (Å²) in [6.45, 7) is 2.07. The second kappa shape index (κ2) is 7.70. The van der Waals surface area contributed by atoms with Gasteiger partial charge in [-0.15, -0.1) is 0 Å². The number of aromatic nitrogens is 1. The molecule has 0 aliphatic carbocycles. The summed E-state index contributed by atoms with van der Waals surface area (Å²) in [4.78, 5) is 29.1. The van der Waals surface area contributed by atoms with Gasteiger partial charge >= 0.3 is 0 Å². The van der Waals surface area contributed by atoms with Gasteiger partial charge < -0.3 is 23.8 Å². The molecule has 8 nitrogen and oxygen atoms in total. The number of fused-ring (bicyclic) bond motifs is 2. The number of para-hydroxylation sites is 3. The molecule has 3 heterocycles. The largest absolute Gasteiger partial charge is 0.485 e. The van der Waals surface area contributed by atoms with Crippen LogP contribution in [0.1, 0.15) is 5.69 Å². The highest BCUT2D eigenvalue weighted by molar-refractivity contribution is 5.86. The minimum absolute atomic E-state index is 0.0210. The smallest absolute Gasteiger partial charge is 0.267 e. The molecule has 0 unspecified atom stereocenters. The van der Waals surface area contributed by atoms with Gasteiger partial charge in [-0.25, -0.2) is 0 Å². The fourth-order valence-corrected chi connectivity index (χ4v) is 3.84. The molecule has 30 heavy (non-hydrogen) atoms. The summed E-state index contributed by atoms with van der Waals surface area (Å²) in [5.74, 6) is 1.10. The Kier molecular flexibility index (Phi) is 4.74. The second-order valence-electron chi connectivity index (χ2n) is 7.37. The van der Waals surface area contributed by atoms with E-state index in [0.717, 1.165) is 5.39 Å². The molecule has 2 aromatic carbocycles. The van der Waals surface area contributed by atoms with Crippen molar-refractivity contribution < 1.29 is 23.6 Å². The molecule has 2 amide bonds. The molecular weight excluding hydrogens is 386 g/mol. The van der Waals surface area contributed by atoms with Crippen molar-refractivity contribution in [2.24, 2.45) is 0 Å². The lowest BCUT2D eigenvalue weighted by molar-refractivity contribution is -0.146. The van der Waals surface area contributed by atoms with Crippen molar-refractivity contribution in [1.82, 2.24) is 15.0 Å². The van der Waals surface area contributed by atoms with Crippen molar-refractivity contribution in [3.05, 3.63) is 54.2 Å². The third kappa shape index (κ3) is 3.45. The predicted molar refractivity (Wildman–Crippen MR) is 107 cm³/mol. The average Bonchev–Trinajstić information content (AvgIpc) is 3.21. The van der Waals surface area contributed by atoms with Crippen molar-refractivity contribution in [3.8, 4) is 11.5 Å². The van der Waals surface area contributed by atoms with Gasteiger partial charge in [0.05, 0.1) is 6.42 Å². The van der Waals surface area contributed by atoms with Crippen LogP contribution in [0.15, 0.2) is 53.1 Å². The van der Waals surface area contributed by atoms with Gasteiger partial charge in [0.15, 0.2) is 17.1 Å². The first-order valence-electron chi connectivity index (χ1n) is 9.97. The minimum atomic E-state index is -0.663. The molecule has 2 aliphatic rings. The average molecular weight is 407 g/mol. The first-order valence-corrected chi connectivity index (χ1v) is 9.97. The van der Waals surface area contributed by atoms with Gasteiger partial charge in [-0.2, -0.15) is 0 Å². The van der Waals surface area contributed by atoms with E-state index in [1.54, 1.807) is 15.9 Å². The van der Waals surface area contributed by atoms with Gasteiger partial charge in [0, 0.05) is 31.6 Å². The molecule has 1 fully saturated rings. The number of hydrogen-bond acceptors (Lipinski definition) is 6. The maximum Gasteiger partial charge on any atom is 0.267 e. The molecule has 3 aromatic rings. The number of hydrogen-bond donors (Lipinski definition) is 0. The van der Waals surface area contributed by atoms with Crippen LogP contribution in [-0.4, -0.2) is 65.7 Å². The molecule has 5 rings (SSSR count). The molecule has 2 aliphatic heterocycles. The third-order valence-corrected chi connectivity index (χ3v) is 5.50. The quantitative estimate of drug-likeness (QED) is 0.659. The number of benzene rings is 2. The lowest BCUT2D eigenvalue weighted by Crippen LogP contribution is -2.55. The van der Waals surface area contributed by atoms with Crippen LogP contribution in [0.2, 0.25) is 0 Å². The summed E-state index contributed by atoms with van der Waals surface area (Å²) in [5, 5.41) is 4.89. The van der Waals surface area contributed by atoms with Crippen LogP contribution in [0, 0.1) is 0 Å². The molecule has 0 bridgehead atoms. The molecule has 0 saturated carbocycles. The van der Waals surface area contributed by atoms with Crippen molar-refractivity contribution >= 4 is 22.8 Å². The molecule has 0 radical (unpaired) electrons. The summed E-state index contributed by atoms with van der Waals surface area (Å²) in [6.07, 6.45) is -0.481. The Bertz CT molecular complexity index is 1090. The summed E-state index contributed by atoms with van der Waals surface area (Å²) >= 11 is 0. The van der Waals surface area contributed by atoms with Gasteiger partial charge in [-0.05, 0) is 24.3 Å². The maximum atomic E-state index is 12.8. The van der Waals surface area contributed by atoms with Crippen LogP contribution in [0.4, 0.5) is 0 Å². The number of amides is 2. The van der Waals surface area contributed by atoms with Crippen LogP contribution in [0.5, 0.6) is 11.5 Å². The summed E-state index contributed by atoms with van der Waals surface area (Å²) in [6, 6.07) is 14.8. The molecule has 154 valence electrons. The molecular formula is C22H21N3O5. The van der Waals surface area contributed by atoms with E-state index in [1.165, 1.54) is 0 Å². The van der Waals surface area contributed by atoms with Crippen molar-refractivity contribution in [1.29, 1.82) is 0 Å². The van der Waals surface area contributed by atoms with E-state index in [4.69, 9.17) is 14.0 Å².